The Morgan fingerprint density at radius 2 is 2.21 bits per heavy atom. The summed E-state index contributed by atoms with van der Waals surface area (Å²) >= 11 is 1.89. The second-order valence-electron chi connectivity index (χ2n) is 6.76. The van der Waals surface area contributed by atoms with Crippen molar-refractivity contribution in [1.29, 1.82) is 0 Å². The van der Waals surface area contributed by atoms with E-state index < -0.39 is 11.4 Å². The molecule has 130 valence electrons. The molecule has 3 rings (SSSR count). The Kier molecular flexibility index (Phi) is 4.67. The number of carbonyl (C=O) groups is 2. The molecule has 1 unspecified atom stereocenters. The molecule has 24 heavy (non-hydrogen) atoms. The number of carboxylic acids is 1. The molecular formula is C16H22N4O3S. The van der Waals surface area contributed by atoms with Gasteiger partial charge in [0.1, 0.15) is 0 Å². The highest BCUT2D eigenvalue weighted by Crippen LogP contribution is 2.36. The van der Waals surface area contributed by atoms with Gasteiger partial charge >= 0.3 is 5.97 Å². The average Bonchev–Trinajstić information content (AvgIpc) is 3.24. The average molecular weight is 350 g/mol. The molecule has 1 fully saturated rings. The SMILES string of the molecule is CC(C)(C(=O)N1CCC(n2cc(C(=O)O)nn2)C1)C1=CCSCC1. The van der Waals surface area contributed by atoms with Crippen LogP contribution in [0.2, 0.25) is 0 Å². The molecule has 3 heterocycles. The van der Waals surface area contributed by atoms with Gasteiger partial charge in [0, 0.05) is 18.8 Å². The van der Waals surface area contributed by atoms with Gasteiger partial charge in [-0.1, -0.05) is 16.9 Å². The molecular weight excluding hydrogens is 328 g/mol. The van der Waals surface area contributed by atoms with Gasteiger partial charge in [-0.25, -0.2) is 9.48 Å². The Bertz CT molecular complexity index is 683. The van der Waals surface area contributed by atoms with Crippen LogP contribution in [-0.4, -0.2) is 61.5 Å². The van der Waals surface area contributed by atoms with E-state index in [2.05, 4.69) is 16.4 Å². The Balaban J connectivity index is 1.69. The van der Waals surface area contributed by atoms with E-state index in [0.29, 0.717) is 13.1 Å². The molecule has 8 heteroatoms. The van der Waals surface area contributed by atoms with Crippen LogP contribution in [0, 0.1) is 5.41 Å². The van der Waals surface area contributed by atoms with Gasteiger partial charge in [0.2, 0.25) is 5.91 Å². The minimum atomic E-state index is -1.09. The molecule has 0 bridgehead atoms. The van der Waals surface area contributed by atoms with Crippen LogP contribution >= 0.6 is 11.8 Å². The van der Waals surface area contributed by atoms with Crippen molar-refractivity contribution in [2.24, 2.45) is 5.41 Å². The molecule has 1 aromatic heterocycles. The number of hydrogen-bond donors (Lipinski definition) is 1. The smallest absolute Gasteiger partial charge is 0.358 e. The first-order valence-corrected chi connectivity index (χ1v) is 9.27. The van der Waals surface area contributed by atoms with Crippen LogP contribution in [0.1, 0.15) is 43.2 Å². The minimum absolute atomic E-state index is 0.0127. The van der Waals surface area contributed by atoms with E-state index in [1.165, 1.54) is 11.8 Å². The zero-order valence-electron chi connectivity index (χ0n) is 13.9. The van der Waals surface area contributed by atoms with Crippen molar-refractivity contribution >= 4 is 23.6 Å². The van der Waals surface area contributed by atoms with Gasteiger partial charge in [-0.2, -0.15) is 11.8 Å². The van der Waals surface area contributed by atoms with Crippen molar-refractivity contribution < 1.29 is 14.7 Å². The topological polar surface area (TPSA) is 88.3 Å². The summed E-state index contributed by atoms with van der Waals surface area (Å²) in [7, 11) is 0. The van der Waals surface area contributed by atoms with Crippen molar-refractivity contribution in [1.82, 2.24) is 19.9 Å². The van der Waals surface area contributed by atoms with E-state index in [1.54, 1.807) is 4.68 Å². The first-order chi connectivity index (χ1) is 11.4. The summed E-state index contributed by atoms with van der Waals surface area (Å²) in [5.74, 6) is 1.10. The van der Waals surface area contributed by atoms with Crippen LogP contribution in [0.5, 0.6) is 0 Å². The van der Waals surface area contributed by atoms with E-state index in [4.69, 9.17) is 5.11 Å². The monoisotopic (exact) mass is 350 g/mol. The highest BCUT2D eigenvalue weighted by atomic mass is 32.2. The van der Waals surface area contributed by atoms with E-state index in [-0.39, 0.29) is 17.6 Å². The number of carboxylic acid groups (broad SMARTS) is 1. The third kappa shape index (κ3) is 3.19. The number of hydrogen-bond acceptors (Lipinski definition) is 5. The number of nitrogens with zero attached hydrogens (tertiary/aromatic N) is 4. The van der Waals surface area contributed by atoms with Crippen LogP contribution in [0.3, 0.4) is 0 Å². The highest BCUT2D eigenvalue weighted by Gasteiger charge is 2.39. The van der Waals surface area contributed by atoms with Crippen LogP contribution in [0.15, 0.2) is 17.8 Å². The van der Waals surface area contributed by atoms with Crippen LogP contribution in [-0.2, 0) is 4.79 Å². The maximum absolute atomic E-state index is 13.0. The fourth-order valence-corrected chi connectivity index (χ4v) is 4.17. The normalized spacial score (nSPS) is 21.7. The lowest BCUT2D eigenvalue weighted by Gasteiger charge is -2.33. The molecule has 2 aliphatic rings. The minimum Gasteiger partial charge on any atom is -0.476 e. The maximum Gasteiger partial charge on any atom is 0.358 e. The van der Waals surface area contributed by atoms with Crippen LogP contribution in [0.4, 0.5) is 0 Å². The van der Waals surface area contributed by atoms with E-state index in [1.807, 2.05) is 30.5 Å². The van der Waals surface area contributed by atoms with E-state index in [9.17, 15) is 9.59 Å². The Labute approximate surface area is 145 Å². The van der Waals surface area contributed by atoms with E-state index >= 15 is 0 Å². The zero-order chi connectivity index (χ0) is 17.3. The van der Waals surface area contributed by atoms with Crippen molar-refractivity contribution in [3.8, 4) is 0 Å². The van der Waals surface area contributed by atoms with Gasteiger partial charge in [-0.05, 0) is 32.4 Å². The zero-order valence-corrected chi connectivity index (χ0v) is 14.8. The predicted molar refractivity (Wildman–Crippen MR) is 91.0 cm³/mol. The molecule has 1 atom stereocenters. The summed E-state index contributed by atoms with van der Waals surface area (Å²) in [5, 5.41) is 16.5. The number of carbonyl (C=O) groups excluding carboxylic acids is 1. The second-order valence-corrected chi connectivity index (χ2v) is 7.91. The van der Waals surface area contributed by atoms with Gasteiger partial charge < -0.3 is 10.0 Å². The number of amides is 1. The standard InChI is InChI=1S/C16H22N4O3S/c1-16(2,11-4-7-24-8-5-11)15(23)19-6-3-12(9-19)20-10-13(14(21)22)17-18-20/h4,10,12H,3,5-9H2,1-2H3,(H,21,22). The van der Waals surface area contributed by atoms with Gasteiger partial charge in [-0.3, -0.25) is 4.79 Å². The molecule has 0 aliphatic carbocycles. The number of aromatic carboxylic acids is 1. The van der Waals surface area contributed by atoms with Gasteiger partial charge in [0.15, 0.2) is 5.69 Å². The quantitative estimate of drug-likeness (QED) is 0.834. The molecule has 1 saturated heterocycles. The van der Waals surface area contributed by atoms with Crippen molar-refractivity contribution in [2.45, 2.75) is 32.7 Å². The molecule has 1 amide bonds. The number of aromatic nitrogens is 3. The van der Waals surface area contributed by atoms with E-state index in [0.717, 1.165) is 24.3 Å². The fraction of sp³-hybridized carbons (Fsp3) is 0.625. The summed E-state index contributed by atoms with van der Waals surface area (Å²) in [6.45, 7) is 5.22. The molecule has 7 nitrogen and oxygen atoms in total. The van der Waals surface area contributed by atoms with Crippen molar-refractivity contribution in [2.75, 3.05) is 24.6 Å². The lowest BCUT2D eigenvalue weighted by Crippen LogP contribution is -2.41. The fourth-order valence-electron chi connectivity index (χ4n) is 3.32. The Morgan fingerprint density at radius 1 is 1.42 bits per heavy atom. The summed E-state index contributed by atoms with van der Waals surface area (Å²) in [4.78, 5) is 25.8. The van der Waals surface area contributed by atoms with Gasteiger partial charge in [-0.15, -0.1) is 5.10 Å². The number of likely N-dealkylation sites (tertiary alicyclic amines) is 1. The van der Waals surface area contributed by atoms with Gasteiger partial charge in [0.05, 0.1) is 17.7 Å². The Hall–Kier alpha value is -1.83. The molecule has 0 radical (unpaired) electrons. The lowest BCUT2D eigenvalue weighted by molar-refractivity contribution is -0.137. The summed E-state index contributed by atoms with van der Waals surface area (Å²) in [6.07, 6.45) is 5.36. The summed E-state index contributed by atoms with van der Waals surface area (Å²) < 4.78 is 1.57. The van der Waals surface area contributed by atoms with Crippen LogP contribution < -0.4 is 0 Å². The number of rotatable bonds is 4. The lowest BCUT2D eigenvalue weighted by atomic mass is 9.81. The molecule has 0 aromatic carbocycles. The summed E-state index contributed by atoms with van der Waals surface area (Å²) in [6, 6.07) is -0.0127. The molecule has 0 saturated carbocycles. The maximum atomic E-state index is 13.0. The van der Waals surface area contributed by atoms with Gasteiger partial charge in [0.25, 0.3) is 0 Å². The third-order valence-corrected chi connectivity index (χ3v) is 5.75. The Morgan fingerprint density at radius 3 is 2.83 bits per heavy atom. The van der Waals surface area contributed by atoms with Crippen LogP contribution in [0.25, 0.3) is 0 Å². The highest BCUT2D eigenvalue weighted by molar-refractivity contribution is 7.99. The van der Waals surface area contributed by atoms with Crippen molar-refractivity contribution in [3.63, 3.8) is 0 Å². The molecule has 2 aliphatic heterocycles. The predicted octanol–water partition coefficient (Wildman–Crippen LogP) is 1.84. The molecule has 0 spiro atoms. The largest absolute Gasteiger partial charge is 0.476 e. The second kappa shape index (κ2) is 6.58. The first-order valence-electron chi connectivity index (χ1n) is 8.11. The van der Waals surface area contributed by atoms with Crippen molar-refractivity contribution in [3.05, 3.63) is 23.5 Å². The number of thioether (sulfide) groups is 1. The molecule has 1 N–H and O–H groups in total. The first kappa shape index (κ1) is 17.0. The third-order valence-electron chi connectivity index (χ3n) is 4.85. The summed E-state index contributed by atoms with van der Waals surface area (Å²) in [5.41, 5.74) is 0.679. The molecule has 1 aromatic rings.